The first kappa shape index (κ1) is 25.2. The average molecular weight is 496 g/mol. The van der Waals surface area contributed by atoms with Crippen LogP contribution in [-0.2, 0) is 16.0 Å². The molecule has 0 atom stereocenters. The van der Waals surface area contributed by atoms with Crippen molar-refractivity contribution >= 4 is 21.4 Å². The molecule has 0 aliphatic heterocycles. The molecule has 1 amide bonds. The SMILES string of the molecule is COc1cc(F)ccc1-c1ccnc(C)c1N(C)C(=O)c1cc(C(F)(F)F)cc(S(C)(=O)=O)c1. The molecule has 0 bridgehead atoms. The molecule has 1 heterocycles. The van der Waals surface area contributed by atoms with E-state index in [0.29, 0.717) is 29.0 Å². The lowest BCUT2D eigenvalue weighted by Crippen LogP contribution is -2.28. The number of carbonyl (C=O) groups excluding carboxylic acids is 1. The van der Waals surface area contributed by atoms with E-state index in [2.05, 4.69) is 4.98 Å². The molecule has 0 radical (unpaired) electrons. The van der Waals surface area contributed by atoms with E-state index in [9.17, 15) is 30.8 Å². The molecule has 3 aromatic rings. The molecule has 0 unspecified atom stereocenters. The lowest BCUT2D eigenvalue weighted by molar-refractivity contribution is -0.137. The number of alkyl halides is 3. The molecule has 11 heteroatoms. The fourth-order valence-electron chi connectivity index (χ4n) is 3.48. The van der Waals surface area contributed by atoms with Gasteiger partial charge in [0.2, 0.25) is 0 Å². The second-order valence-corrected chi connectivity index (χ2v) is 9.53. The van der Waals surface area contributed by atoms with Crippen molar-refractivity contribution in [2.45, 2.75) is 18.0 Å². The van der Waals surface area contributed by atoms with E-state index in [-0.39, 0.29) is 11.4 Å². The predicted molar refractivity (Wildman–Crippen MR) is 118 cm³/mol. The molecule has 0 spiro atoms. The number of hydrogen-bond acceptors (Lipinski definition) is 5. The first-order valence-electron chi connectivity index (χ1n) is 9.74. The van der Waals surface area contributed by atoms with Crippen LogP contribution < -0.4 is 9.64 Å². The van der Waals surface area contributed by atoms with Gasteiger partial charge in [-0.3, -0.25) is 9.78 Å². The Hall–Kier alpha value is -3.47. The van der Waals surface area contributed by atoms with E-state index < -0.39 is 43.8 Å². The van der Waals surface area contributed by atoms with Crippen LogP contribution in [0.3, 0.4) is 0 Å². The number of ether oxygens (including phenoxy) is 1. The maximum absolute atomic E-state index is 13.7. The molecular formula is C23H20F4N2O4S. The van der Waals surface area contributed by atoms with Gasteiger partial charge in [0.1, 0.15) is 11.6 Å². The van der Waals surface area contributed by atoms with E-state index in [1.54, 1.807) is 13.0 Å². The predicted octanol–water partition coefficient (Wildman–Crippen LogP) is 4.90. The van der Waals surface area contributed by atoms with Crippen molar-refractivity contribution in [2.75, 3.05) is 25.3 Å². The van der Waals surface area contributed by atoms with Crippen molar-refractivity contribution in [1.82, 2.24) is 4.98 Å². The summed E-state index contributed by atoms with van der Waals surface area (Å²) in [7, 11) is -1.37. The molecule has 0 saturated carbocycles. The highest BCUT2D eigenvalue weighted by atomic mass is 32.2. The Balaban J connectivity index is 2.19. The minimum absolute atomic E-state index is 0.172. The van der Waals surface area contributed by atoms with Crippen molar-refractivity contribution in [2.24, 2.45) is 0 Å². The Morgan fingerprint density at radius 1 is 1.06 bits per heavy atom. The van der Waals surface area contributed by atoms with E-state index in [0.717, 1.165) is 23.3 Å². The van der Waals surface area contributed by atoms with Crippen molar-refractivity contribution in [3.63, 3.8) is 0 Å². The van der Waals surface area contributed by atoms with E-state index in [4.69, 9.17) is 4.74 Å². The van der Waals surface area contributed by atoms with Gasteiger partial charge >= 0.3 is 6.18 Å². The van der Waals surface area contributed by atoms with Gasteiger partial charge in [0.25, 0.3) is 5.91 Å². The summed E-state index contributed by atoms with van der Waals surface area (Å²) in [6, 6.07) is 7.32. The van der Waals surface area contributed by atoms with Gasteiger partial charge in [-0.1, -0.05) is 0 Å². The van der Waals surface area contributed by atoms with Gasteiger partial charge in [-0.2, -0.15) is 13.2 Å². The fourth-order valence-corrected chi connectivity index (χ4v) is 4.16. The van der Waals surface area contributed by atoms with Crippen LogP contribution in [0, 0.1) is 12.7 Å². The van der Waals surface area contributed by atoms with Crippen LogP contribution >= 0.6 is 0 Å². The Morgan fingerprint density at radius 3 is 2.32 bits per heavy atom. The topological polar surface area (TPSA) is 76.6 Å². The highest BCUT2D eigenvalue weighted by molar-refractivity contribution is 7.90. The molecule has 180 valence electrons. The third-order valence-corrected chi connectivity index (χ3v) is 6.20. The molecule has 2 aromatic carbocycles. The molecule has 0 saturated heterocycles. The van der Waals surface area contributed by atoms with Crippen molar-refractivity contribution < 1.29 is 35.5 Å². The Labute approximate surface area is 193 Å². The number of anilines is 1. The summed E-state index contributed by atoms with van der Waals surface area (Å²) in [4.78, 5) is 17.9. The molecule has 1 aromatic heterocycles. The minimum atomic E-state index is -4.87. The van der Waals surface area contributed by atoms with Crippen LogP contribution in [0.2, 0.25) is 0 Å². The largest absolute Gasteiger partial charge is 0.496 e. The quantitative estimate of drug-likeness (QED) is 0.470. The third kappa shape index (κ3) is 5.04. The average Bonchev–Trinajstić information content (AvgIpc) is 2.76. The molecule has 0 N–H and O–H groups in total. The van der Waals surface area contributed by atoms with Crippen LogP contribution in [0.15, 0.2) is 53.6 Å². The van der Waals surface area contributed by atoms with E-state index >= 15 is 0 Å². The summed E-state index contributed by atoms with van der Waals surface area (Å²) in [5.41, 5.74) is -0.320. The van der Waals surface area contributed by atoms with Gasteiger partial charge in [-0.05, 0) is 43.3 Å². The number of amides is 1. The number of methoxy groups -OCH3 is 1. The third-order valence-electron chi connectivity index (χ3n) is 5.11. The van der Waals surface area contributed by atoms with Crippen LogP contribution in [-0.4, -0.2) is 39.7 Å². The highest BCUT2D eigenvalue weighted by Crippen LogP contribution is 2.39. The number of pyridine rings is 1. The van der Waals surface area contributed by atoms with Crippen molar-refractivity contribution in [1.29, 1.82) is 0 Å². The summed E-state index contributed by atoms with van der Waals surface area (Å²) in [5.74, 6) is -1.27. The second kappa shape index (κ2) is 9.05. The number of halogens is 4. The fraction of sp³-hybridized carbons (Fsp3) is 0.217. The Morgan fingerprint density at radius 2 is 1.74 bits per heavy atom. The van der Waals surface area contributed by atoms with Crippen LogP contribution in [0.4, 0.5) is 23.2 Å². The van der Waals surface area contributed by atoms with Crippen molar-refractivity contribution in [3.8, 4) is 16.9 Å². The standard InChI is InChI=1S/C23H20F4N2O4S/c1-13-21(19(7-8-28-13)18-6-5-16(24)12-20(18)33-3)29(2)22(30)14-9-15(23(25,26)27)11-17(10-14)34(4,31)32/h5-12H,1-4H3. The van der Waals surface area contributed by atoms with Gasteiger partial charge in [0, 0.05) is 42.3 Å². The van der Waals surface area contributed by atoms with E-state index in [1.807, 2.05) is 0 Å². The molecular weight excluding hydrogens is 476 g/mol. The summed E-state index contributed by atoms with van der Waals surface area (Å²) >= 11 is 0. The van der Waals surface area contributed by atoms with Gasteiger partial charge in [-0.25, -0.2) is 12.8 Å². The van der Waals surface area contributed by atoms with Crippen LogP contribution in [0.25, 0.3) is 11.1 Å². The lowest BCUT2D eigenvalue weighted by atomic mass is 10.0. The molecule has 0 aliphatic carbocycles. The van der Waals surface area contributed by atoms with Crippen molar-refractivity contribution in [3.05, 3.63) is 71.3 Å². The smallest absolute Gasteiger partial charge is 0.416 e. The molecule has 3 rings (SSSR count). The van der Waals surface area contributed by atoms with E-state index in [1.165, 1.54) is 32.5 Å². The van der Waals surface area contributed by atoms with Gasteiger partial charge in [-0.15, -0.1) is 0 Å². The summed E-state index contributed by atoms with van der Waals surface area (Å²) in [6.07, 6.45) is -2.66. The minimum Gasteiger partial charge on any atom is -0.496 e. The number of rotatable bonds is 5. The number of carbonyl (C=O) groups is 1. The van der Waals surface area contributed by atoms with Gasteiger partial charge in [0.05, 0.1) is 29.0 Å². The monoisotopic (exact) mass is 496 g/mol. The Kier molecular flexibility index (Phi) is 6.70. The van der Waals surface area contributed by atoms with Gasteiger partial charge < -0.3 is 9.64 Å². The Bertz CT molecular complexity index is 1370. The summed E-state index contributed by atoms with van der Waals surface area (Å²) < 4.78 is 83.1. The highest BCUT2D eigenvalue weighted by Gasteiger charge is 2.33. The first-order chi connectivity index (χ1) is 15.7. The molecule has 0 fully saturated rings. The number of sulfone groups is 1. The summed E-state index contributed by atoms with van der Waals surface area (Å²) in [6.45, 7) is 1.59. The van der Waals surface area contributed by atoms with Crippen LogP contribution in [0.5, 0.6) is 5.75 Å². The number of benzene rings is 2. The number of aromatic nitrogens is 1. The number of aryl methyl sites for hydroxylation is 1. The maximum atomic E-state index is 13.7. The molecule has 6 nitrogen and oxygen atoms in total. The summed E-state index contributed by atoms with van der Waals surface area (Å²) in [5, 5.41) is 0. The molecule has 0 aliphatic rings. The lowest BCUT2D eigenvalue weighted by Gasteiger charge is -2.24. The van der Waals surface area contributed by atoms with Crippen LogP contribution in [0.1, 0.15) is 21.6 Å². The second-order valence-electron chi connectivity index (χ2n) is 7.52. The van der Waals surface area contributed by atoms with Gasteiger partial charge in [0.15, 0.2) is 9.84 Å². The maximum Gasteiger partial charge on any atom is 0.416 e. The normalized spacial score (nSPS) is 11.9. The number of hydrogen-bond donors (Lipinski definition) is 0. The first-order valence-corrected chi connectivity index (χ1v) is 11.6. The number of nitrogens with zero attached hydrogens (tertiary/aromatic N) is 2. The zero-order valence-electron chi connectivity index (χ0n) is 18.6. The molecule has 34 heavy (non-hydrogen) atoms. The zero-order valence-corrected chi connectivity index (χ0v) is 19.4. The zero-order chi connectivity index (χ0) is 25.4.